The summed E-state index contributed by atoms with van der Waals surface area (Å²) in [4.78, 5) is 17.0. The molecule has 0 aliphatic carbocycles. The Labute approximate surface area is 120 Å². The molecule has 0 aliphatic heterocycles. The van der Waals surface area contributed by atoms with Crippen molar-refractivity contribution in [3.63, 3.8) is 0 Å². The van der Waals surface area contributed by atoms with E-state index < -0.39 is 0 Å². The van der Waals surface area contributed by atoms with Gasteiger partial charge in [-0.1, -0.05) is 6.07 Å². The summed E-state index contributed by atoms with van der Waals surface area (Å²) in [5.74, 6) is -0.0254. The van der Waals surface area contributed by atoms with Gasteiger partial charge in [-0.25, -0.2) is 4.98 Å². The monoisotopic (exact) mass is 303 g/mol. The number of carbonyl (C=O) groups is 1. The standard InChI is InChI=1S/C11H13N3OS2.ClH/c12-5-1-4-10(15)14-11-13-8(7-17-11)9-3-2-6-16-9;/h2-3,6-7H,1,4-5,12H2,(H,13,14,15);1H. The van der Waals surface area contributed by atoms with Gasteiger partial charge in [-0.05, 0) is 24.4 Å². The Morgan fingerprint density at radius 2 is 2.28 bits per heavy atom. The molecule has 0 aromatic carbocycles. The molecule has 0 aliphatic rings. The first-order chi connectivity index (χ1) is 8.29. The number of hydrogen-bond donors (Lipinski definition) is 2. The Morgan fingerprint density at radius 1 is 1.44 bits per heavy atom. The fourth-order valence-corrected chi connectivity index (χ4v) is 2.80. The number of anilines is 1. The van der Waals surface area contributed by atoms with Crippen LogP contribution in [0, 0.1) is 0 Å². The van der Waals surface area contributed by atoms with Crippen molar-refractivity contribution in [1.82, 2.24) is 4.98 Å². The Hall–Kier alpha value is -0.950. The van der Waals surface area contributed by atoms with Crippen molar-refractivity contribution >= 4 is 46.1 Å². The minimum absolute atomic E-state index is 0. The van der Waals surface area contributed by atoms with Gasteiger partial charge in [0.2, 0.25) is 5.91 Å². The molecule has 2 rings (SSSR count). The molecular weight excluding hydrogens is 290 g/mol. The maximum Gasteiger partial charge on any atom is 0.226 e. The predicted molar refractivity (Wildman–Crippen MR) is 79.6 cm³/mol. The Balaban J connectivity index is 0.00000162. The molecule has 4 nitrogen and oxygen atoms in total. The van der Waals surface area contributed by atoms with Gasteiger partial charge in [0.15, 0.2) is 5.13 Å². The minimum Gasteiger partial charge on any atom is -0.330 e. The third kappa shape index (κ3) is 4.06. The van der Waals surface area contributed by atoms with Crippen LogP contribution in [0.15, 0.2) is 22.9 Å². The Kier molecular flexibility index (Phi) is 6.28. The fraction of sp³-hybridized carbons (Fsp3) is 0.273. The first kappa shape index (κ1) is 15.1. The van der Waals surface area contributed by atoms with Gasteiger partial charge in [-0.2, -0.15) is 0 Å². The van der Waals surface area contributed by atoms with E-state index in [9.17, 15) is 4.79 Å². The van der Waals surface area contributed by atoms with E-state index >= 15 is 0 Å². The van der Waals surface area contributed by atoms with Crippen LogP contribution >= 0.6 is 35.1 Å². The fourth-order valence-electron chi connectivity index (χ4n) is 1.31. The van der Waals surface area contributed by atoms with E-state index in [1.54, 1.807) is 11.3 Å². The molecule has 18 heavy (non-hydrogen) atoms. The first-order valence-corrected chi connectivity index (χ1v) is 7.05. The molecule has 0 bridgehead atoms. The molecule has 0 fully saturated rings. The zero-order valence-electron chi connectivity index (χ0n) is 9.59. The van der Waals surface area contributed by atoms with Crippen LogP contribution in [0.2, 0.25) is 0 Å². The number of thiazole rings is 1. The van der Waals surface area contributed by atoms with E-state index in [0.717, 1.165) is 10.6 Å². The molecule has 2 heterocycles. The average Bonchev–Trinajstić information content (AvgIpc) is 2.95. The van der Waals surface area contributed by atoms with Gasteiger partial charge >= 0.3 is 0 Å². The largest absolute Gasteiger partial charge is 0.330 e. The van der Waals surface area contributed by atoms with Gasteiger partial charge in [0, 0.05) is 11.8 Å². The molecule has 0 unspecified atom stereocenters. The summed E-state index contributed by atoms with van der Waals surface area (Å²) >= 11 is 3.08. The number of hydrogen-bond acceptors (Lipinski definition) is 5. The van der Waals surface area contributed by atoms with Crippen LogP contribution in [0.4, 0.5) is 5.13 Å². The molecule has 0 saturated heterocycles. The van der Waals surface area contributed by atoms with Crippen molar-refractivity contribution in [2.24, 2.45) is 5.73 Å². The number of amides is 1. The van der Waals surface area contributed by atoms with Crippen molar-refractivity contribution < 1.29 is 4.79 Å². The number of thiophene rings is 1. The highest BCUT2D eigenvalue weighted by Crippen LogP contribution is 2.28. The molecule has 2 aromatic rings. The summed E-state index contributed by atoms with van der Waals surface area (Å²) < 4.78 is 0. The van der Waals surface area contributed by atoms with E-state index in [-0.39, 0.29) is 18.3 Å². The van der Waals surface area contributed by atoms with Crippen molar-refractivity contribution in [1.29, 1.82) is 0 Å². The summed E-state index contributed by atoms with van der Waals surface area (Å²) in [5.41, 5.74) is 6.26. The third-order valence-corrected chi connectivity index (χ3v) is 3.78. The quantitative estimate of drug-likeness (QED) is 0.892. The van der Waals surface area contributed by atoms with Gasteiger partial charge < -0.3 is 11.1 Å². The lowest BCUT2D eigenvalue weighted by Gasteiger charge is -1.99. The molecule has 7 heteroatoms. The van der Waals surface area contributed by atoms with Crippen LogP contribution in [0.3, 0.4) is 0 Å². The van der Waals surface area contributed by atoms with E-state index in [0.29, 0.717) is 24.5 Å². The van der Waals surface area contributed by atoms with Crippen molar-refractivity contribution in [2.45, 2.75) is 12.8 Å². The van der Waals surface area contributed by atoms with Gasteiger partial charge in [-0.3, -0.25) is 4.79 Å². The molecule has 0 spiro atoms. The Morgan fingerprint density at radius 3 is 2.94 bits per heavy atom. The number of halogens is 1. The second-order valence-electron chi connectivity index (χ2n) is 3.46. The molecule has 98 valence electrons. The van der Waals surface area contributed by atoms with E-state index in [1.807, 2.05) is 22.9 Å². The number of nitrogens with zero attached hydrogens (tertiary/aromatic N) is 1. The molecule has 0 radical (unpaired) electrons. The van der Waals surface area contributed by atoms with Gasteiger partial charge in [0.1, 0.15) is 0 Å². The zero-order valence-corrected chi connectivity index (χ0v) is 12.0. The zero-order chi connectivity index (χ0) is 12.1. The van der Waals surface area contributed by atoms with E-state index in [2.05, 4.69) is 10.3 Å². The number of aromatic nitrogens is 1. The highest BCUT2D eigenvalue weighted by Gasteiger charge is 2.07. The topological polar surface area (TPSA) is 68.0 Å². The average molecular weight is 304 g/mol. The summed E-state index contributed by atoms with van der Waals surface area (Å²) in [6.07, 6.45) is 1.15. The third-order valence-electron chi connectivity index (χ3n) is 2.13. The van der Waals surface area contributed by atoms with Crippen LogP contribution in [0.5, 0.6) is 0 Å². The number of rotatable bonds is 5. The number of nitrogens with one attached hydrogen (secondary N) is 1. The summed E-state index contributed by atoms with van der Waals surface area (Å²) in [5, 5.41) is 7.38. The lowest BCUT2D eigenvalue weighted by molar-refractivity contribution is -0.116. The SMILES string of the molecule is Cl.NCCCC(=O)Nc1nc(-c2cccs2)cs1. The smallest absolute Gasteiger partial charge is 0.226 e. The van der Waals surface area contributed by atoms with Crippen molar-refractivity contribution in [3.05, 3.63) is 22.9 Å². The Bertz CT molecular complexity index is 484. The van der Waals surface area contributed by atoms with Gasteiger partial charge in [-0.15, -0.1) is 35.1 Å². The molecule has 0 atom stereocenters. The lowest BCUT2D eigenvalue weighted by Crippen LogP contribution is -2.13. The number of carbonyl (C=O) groups excluding carboxylic acids is 1. The predicted octanol–water partition coefficient (Wildman–Crippen LogP) is 2.97. The van der Waals surface area contributed by atoms with Crippen LogP contribution in [-0.4, -0.2) is 17.4 Å². The first-order valence-electron chi connectivity index (χ1n) is 5.29. The summed E-state index contributed by atoms with van der Waals surface area (Å²) in [6.45, 7) is 0.533. The van der Waals surface area contributed by atoms with Crippen LogP contribution in [-0.2, 0) is 4.79 Å². The van der Waals surface area contributed by atoms with Crippen molar-refractivity contribution in [2.75, 3.05) is 11.9 Å². The number of nitrogens with two attached hydrogens (primary N) is 1. The highest BCUT2D eigenvalue weighted by molar-refractivity contribution is 7.16. The molecule has 3 N–H and O–H groups in total. The van der Waals surface area contributed by atoms with Crippen LogP contribution < -0.4 is 11.1 Å². The van der Waals surface area contributed by atoms with Crippen LogP contribution in [0.25, 0.3) is 10.6 Å². The van der Waals surface area contributed by atoms with Gasteiger partial charge in [0.25, 0.3) is 0 Å². The van der Waals surface area contributed by atoms with Crippen molar-refractivity contribution in [3.8, 4) is 10.6 Å². The minimum atomic E-state index is -0.0254. The van der Waals surface area contributed by atoms with Crippen LogP contribution in [0.1, 0.15) is 12.8 Å². The highest BCUT2D eigenvalue weighted by atomic mass is 35.5. The normalized spacial score (nSPS) is 9.83. The maximum atomic E-state index is 11.5. The lowest BCUT2D eigenvalue weighted by atomic mass is 10.3. The maximum absolute atomic E-state index is 11.5. The van der Waals surface area contributed by atoms with E-state index in [4.69, 9.17) is 5.73 Å². The molecular formula is C11H14ClN3OS2. The molecule has 0 saturated carbocycles. The molecule has 2 aromatic heterocycles. The van der Waals surface area contributed by atoms with E-state index in [1.165, 1.54) is 11.3 Å². The van der Waals surface area contributed by atoms with Gasteiger partial charge in [0.05, 0.1) is 10.6 Å². The summed E-state index contributed by atoms with van der Waals surface area (Å²) in [6, 6.07) is 4.00. The summed E-state index contributed by atoms with van der Waals surface area (Å²) in [7, 11) is 0. The second kappa shape index (κ2) is 7.48. The second-order valence-corrected chi connectivity index (χ2v) is 5.26. The molecule has 1 amide bonds.